The Bertz CT molecular complexity index is 362. The first-order valence-electron chi connectivity index (χ1n) is 5.44. The Labute approximate surface area is 98.8 Å². The third kappa shape index (κ3) is 2.53. The van der Waals surface area contributed by atoms with Crippen LogP contribution in [-0.2, 0) is 6.42 Å². The lowest BCUT2D eigenvalue weighted by Gasteiger charge is -2.13. The van der Waals surface area contributed by atoms with E-state index in [2.05, 4.69) is 5.32 Å². The summed E-state index contributed by atoms with van der Waals surface area (Å²) in [7, 11) is 0. The molecule has 1 N–H and O–H groups in total. The van der Waals surface area contributed by atoms with E-state index >= 15 is 0 Å². The molecule has 88 valence electrons. The Hall–Kier alpha value is -0.670. The van der Waals surface area contributed by atoms with Crippen LogP contribution in [0.4, 0.5) is 8.78 Å². The molecule has 1 heterocycles. The van der Waals surface area contributed by atoms with Gasteiger partial charge in [0.05, 0.1) is 0 Å². The van der Waals surface area contributed by atoms with Crippen molar-refractivity contribution in [3.8, 4) is 0 Å². The fraction of sp³-hybridized carbons (Fsp3) is 0.500. The molecular formula is C12H14ClF2N. The monoisotopic (exact) mass is 245 g/mol. The van der Waals surface area contributed by atoms with Crippen molar-refractivity contribution in [1.29, 1.82) is 0 Å². The average molecular weight is 246 g/mol. The van der Waals surface area contributed by atoms with E-state index in [1.165, 1.54) is 6.07 Å². The lowest BCUT2D eigenvalue weighted by molar-refractivity contribution is 0.150. The van der Waals surface area contributed by atoms with Crippen molar-refractivity contribution in [2.75, 3.05) is 13.1 Å². The van der Waals surface area contributed by atoms with Gasteiger partial charge >= 0.3 is 0 Å². The van der Waals surface area contributed by atoms with Crippen LogP contribution in [0.3, 0.4) is 0 Å². The summed E-state index contributed by atoms with van der Waals surface area (Å²) in [5.74, 6) is 0.455. The highest BCUT2D eigenvalue weighted by Gasteiger charge is 2.21. The molecule has 0 bridgehead atoms. The zero-order chi connectivity index (χ0) is 11.5. The molecule has 1 aliphatic rings. The normalized spacial score (nSPS) is 20.6. The highest BCUT2D eigenvalue weighted by molar-refractivity contribution is 6.31. The second-order valence-corrected chi connectivity index (χ2v) is 4.58. The van der Waals surface area contributed by atoms with Crippen LogP contribution in [0, 0.1) is 5.92 Å². The minimum Gasteiger partial charge on any atom is -0.316 e. The van der Waals surface area contributed by atoms with Crippen molar-refractivity contribution in [2.24, 2.45) is 5.92 Å². The highest BCUT2D eigenvalue weighted by atomic mass is 35.5. The fourth-order valence-electron chi connectivity index (χ4n) is 2.20. The van der Waals surface area contributed by atoms with Crippen LogP contribution in [0.25, 0.3) is 0 Å². The fourth-order valence-corrected chi connectivity index (χ4v) is 2.48. The van der Waals surface area contributed by atoms with Crippen LogP contribution in [-0.4, -0.2) is 13.1 Å². The predicted molar refractivity (Wildman–Crippen MR) is 61.1 cm³/mol. The molecule has 1 aliphatic heterocycles. The summed E-state index contributed by atoms with van der Waals surface area (Å²) in [6.45, 7) is 1.89. The van der Waals surface area contributed by atoms with Gasteiger partial charge in [0, 0.05) is 10.6 Å². The highest BCUT2D eigenvalue weighted by Crippen LogP contribution is 2.32. The van der Waals surface area contributed by atoms with Gasteiger partial charge in [-0.1, -0.05) is 23.7 Å². The Kier molecular flexibility index (Phi) is 3.77. The summed E-state index contributed by atoms with van der Waals surface area (Å²) in [4.78, 5) is 0. The van der Waals surface area contributed by atoms with E-state index in [9.17, 15) is 8.78 Å². The molecule has 1 aromatic rings. The van der Waals surface area contributed by atoms with Crippen molar-refractivity contribution in [3.63, 3.8) is 0 Å². The molecule has 0 aromatic heterocycles. The van der Waals surface area contributed by atoms with Crippen LogP contribution in [0.15, 0.2) is 18.2 Å². The van der Waals surface area contributed by atoms with Gasteiger partial charge in [0.15, 0.2) is 0 Å². The average Bonchev–Trinajstić information content (AvgIpc) is 2.70. The summed E-state index contributed by atoms with van der Waals surface area (Å²) in [5, 5.41) is 3.41. The quantitative estimate of drug-likeness (QED) is 0.860. The minimum atomic E-state index is -2.49. The summed E-state index contributed by atoms with van der Waals surface area (Å²) < 4.78 is 25.7. The zero-order valence-corrected chi connectivity index (χ0v) is 9.61. The van der Waals surface area contributed by atoms with E-state index in [4.69, 9.17) is 11.6 Å². The maximum atomic E-state index is 12.9. The second kappa shape index (κ2) is 5.11. The lowest BCUT2D eigenvalue weighted by Crippen LogP contribution is -2.11. The Balaban J connectivity index is 2.21. The van der Waals surface area contributed by atoms with E-state index in [0.29, 0.717) is 17.9 Å². The lowest BCUT2D eigenvalue weighted by atomic mass is 9.95. The Morgan fingerprint density at radius 3 is 2.88 bits per heavy atom. The van der Waals surface area contributed by atoms with Crippen molar-refractivity contribution in [2.45, 2.75) is 19.3 Å². The third-order valence-corrected chi connectivity index (χ3v) is 3.36. The molecule has 16 heavy (non-hydrogen) atoms. The molecule has 1 atom stereocenters. The largest absolute Gasteiger partial charge is 0.316 e. The Morgan fingerprint density at radius 1 is 1.44 bits per heavy atom. The van der Waals surface area contributed by atoms with Gasteiger partial charge in [-0.15, -0.1) is 0 Å². The van der Waals surface area contributed by atoms with Crippen molar-refractivity contribution in [3.05, 3.63) is 34.3 Å². The van der Waals surface area contributed by atoms with Crippen LogP contribution >= 0.6 is 11.6 Å². The maximum absolute atomic E-state index is 12.9. The van der Waals surface area contributed by atoms with Gasteiger partial charge in [0.2, 0.25) is 0 Å². The van der Waals surface area contributed by atoms with E-state index < -0.39 is 6.43 Å². The van der Waals surface area contributed by atoms with Gasteiger partial charge in [-0.3, -0.25) is 0 Å². The van der Waals surface area contributed by atoms with E-state index in [0.717, 1.165) is 19.5 Å². The van der Waals surface area contributed by atoms with Gasteiger partial charge < -0.3 is 5.32 Å². The SMILES string of the molecule is FC(F)c1c(Cl)cccc1CC1CCNC1. The maximum Gasteiger partial charge on any atom is 0.265 e. The number of benzene rings is 1. The van der Waals surface area contributed by atoms with Crippen LogP contribution in [0.5, 0.6) is 0 Å². The van der Waals surface area contributed by atoms with Crippen molar-refractivity contribution < 1.29 is 8.78 Å². The molecular weight excluding hydrogens is 232 g/mol. The molecule has 2 rings (SSSR count). The summed E-state index contributed by atoms with van der Waals surface area (Å²) in [6.07, 6.45) is -0.749. The zero-order valence-electron chi connectivity index (χ0n) is 8.85. The molecule has 0 spiro atoms. The van der Waals surface area contributed by atoms with E-state index in [-0.39, 0.29) is 10.6 Å². The van der Waals surface area contributed by atoms with Gasteiger partial charge in [0.25, 0.3) is 6.43 Å². The molecule has 0 aliphatic carbocycles. The van der Waals surface area contributed by atoms with Gasteiger partial charge in [0.1, 0.15) is 0 Å². The smallest absolute Gasteiger partial charge is 0.265 e. The molecule has 0 saturated carbocycles. The topological polar surface area (TPSA) is 12.0 Å². The molecule has 0 radical (unpaired) electrons. The number of nitrogens with one attached hydrogen (secondary N) is 1. The van der Waals surface area contributed by atoms with Gasteiger partial charge in [-0.05, 0) is 43.5 Å². The first-order valence-corrected chi connectivity index (χ1v) is 5.82. The first-order chi connectivity index (χ1) is 7.68. The number of alkyl halides is 2. The van der Waals surface area contributed by atoms with E-state index in [1.807, 2.05) is 0 Å². The second-order valence-electron chi connectivity index (χ2n) is 4.18. The molecule has 1 nitrogen and oxygen atoms in total. The molecule has 1 fully saturated rings. The first kappa shape index (κ1) is 11.8. The van der Waals surface area contributed by atoms with Crippen LogP contribution in [0.2, 0.25) is 5.02 Å². The summed E-state index contributed by atoms with van der Waals surface area (Å²) in [5.41, 5.74) is 0.701. The number of hydrogen-bond donors (Lipinski definition) is 1. The van der Waals surface area contributed by atoms with E-state index in [1.54, 1.807) is 12.1 Å². The predicted octanol–water partition coefficient (Wildman–Crippen LogP) is 3.43. The molecule has 4 heteroatoms. The molecule has 1 saturated heterocycles. The van der Waals surface area contributed by atoms with Crippen LogP contribution < -0.4 is 5.32 Å². The van der Waals surface area contributed by atoms with Gasteiger partial charge in [-0.2, -0.15) is 0 Å². The Morgan fingerprint density at radius 2 is 2.25 bits per heavy atom. The molecule has 0 amide bonds. The molecule has 1 unspecified atom stereocenters. The van der Waals surface area contributed by atoms with Crippen molar-refractivity contribution >= 4 is 11.6 Å². The number of hydrogen-bond acceptors (Lipinski definition) is 1. The number of halogens is 3. The van der Waals surface area contributed by atoms with Crippen molar-refractivity contribution in [1.82, 2.24) is 5.32 Å². The number of rotatable bonds is 3. The standard InChI is InChI=1S/C12H14ClF2N/c13-10-3-1-2-9(11(10)12(14)15)6-8-4-5-16-7-8/h1-3,8,12,16H,4-7H2. The third-order valence-electron chi connectivity index (χ3n) is 3.03. The molecule has 1 aromatic carbocycles. The van der Waals surface area contributed by atoms with Crippen LogP contribution in [0.1, 0.15) is 24.0 Å². The summed E-state index contributed by atoms with van der Waals surface area (Å²) >= 11 is 5.81. The van der Waals surface area contributed by atoms with Gasteiger partial charge in [-0.25, -0.2) is 8.78 Å². The summed E-state index contributed by atoms with van der Waals surface area (Å²) in [6, 6.07) is 5.02. The minimum absolute atomic E-state index is 0.0102.